The van der Waals surface area contributed by atoms with Crippen LogP contribution in [0.4, 0.5) is 0 Å². The first-order chi connectivity index (χ1) is 22.4. The molecule has 0 spiro atoms. The van der Waals surface area contributed by atoms with Crippen molar-refractivity contribution in [2.45, 2.75) is 126 Å². The Balaban J connectivity index is 0. The Morgan fingerprint density at radius 1 is 0.531 bits per heavy atom. The van der Waals surface area contributed by atoms with Crippen LogP contribution in [0.3, 0.4) is 0 Å². The molecule has 1 aliphatic carbocycles. The predicted molar refractivity (Wildman–Crippen MR) is 161 cm³/mol. The summed E-state index contributed by atoms with van der Waals surface area (Å²) in [5.41, 5.74) is 23.2. The zero-order chi connectivity index (χ0) is 38.9. The third kappa shape index (κ3) is 17.7. The molecule has 1 unspecified atom stereocenters. The van der Waals surface area contributed by atoms with E-state index < -0.39 is 116 Å². The second-order valence-electron chi connectivity index (χ2n) is 10.8. The molecule has 290 valence electrons. The standard InChI is InChI=1S/C18H36N4O11.4C2H4O2/c19-2-6-8(23)10(25)12(27)17(30-6)32-15-4(21)1-5(22)16(14(15)29)33-18-13(28)11(26)9(24)7(3-20)31-18;4*1-2(3)4/h4-18,23-29H,1-3,19-22H2;4*1H3,(H,3,4)/t4-,5+,6+,7-,8+,9-,10-,11+,12+,13-,14?,15+,16-,17+,18-;;;;. The van der Waals surface area contributed by atoms with Gasteiger partial charge in [0.25, 0.3) is 23.9 Å². The summed E-state index contributed by atoms with van der Waals surface area (Å²) in [6.07, 6.45) is -18.3. The molecular formula is C26H52N4O19. The first-order valence-electron chi connectivity index (χ1n) is 14.5. The molecule has 2 aliphatic heterocycles. The van der Waals surface area contributed by atoms with Gasteiger partial charge in [-0.15, -0.1) is 0 Å². The molecule has 2 heterocycles. The molecule has 3 rings (SSSR count). The Bertz CT molecular complexity index is 880. The average Bonchev–Trinajstić information content (AvgIpc) is 2.96. The molecule has 0 amide bonds. The van der Waals surface area contributed by atoms with E-state index in [-0.39, 0.29) is 19.5 Å². The zero-order valence-corrected chi connectivity index (χ0v) is 27.3. The number of hydrogen-bond donors (Lipinski definition) is 15. The molecule has 23 nitrogen and oxygen atoms in total. The summed E-state index contributed by atoms with van der Waals surface area (Å²) in [5.74, 6) is -3.33. The van der Waals surface area contributed by atoms with Crippen molar-refractivity contribution in [3.63, 3.8) is 0 Å². The molecule has 3 fully saturated rings. The number of carboxylic acids is 4. The molecule has 3 aliphatic rings. The van der Waals surface area contributed by atoms with E-state index in [4.69, 9.17) is 81.5 Å². The van der Waals surface area contributed by atoms with Crippen LogP contribution in [0.25, 0.3) is 0 Å². The third-order valence-corrected chi connectivity index (χ3v) is 6.45. The second kappa shape index (κ2) is 23.6. The summed E-state index contributed by atoms with van der Waals surface area (Å²) in [4.78, 5) is 36.0. The van der Waals surface area contributed by atoms with Crippen molar-refractivity contribution in [3.05, 3.63) is 0 Å². The van der Waals surface area contributed by atoms with Gasteiger partial charge in [0, 0.05) is 52.9 Å². The molecule has 1 saturated carbocycles. The van der Waals surface area contributed by atoms with Crippen molar-refractivity contribution < 1.29 is 94.3 Å². The molecule has 15 atom stereocenters. The Morgan fingerprint density at radius 2 is 0.776 bits per heavy atom. The second-order valence-corrected chi connectivity index (χ2v) is 10.8. The fourth-order valence-electron chi connectivity index (χ4n) is 4.40. The van der Waals surface area contributed by atoms with Crippen molar-refractivity contribution in [2.24, 2.45) is 22.9 Å². The lowest BCUT2D eigenvalue weighted by molar-refractivity contribution is -0.336. The summed E-state index contributed by atoms with van der Waals surface area (Å²) >= 11 is 0. The van der Waals surface area contributed by atoms with Crippen molar-refractivity contribution in [2.75, 3.05) is 13.1 Å². The largest absolute Gasteiger partial charge is 0.481 e. The summed E-state index contributed by atoms with van der Waals surface area (Å²) in [6.45, 7) is 3.99. The van der Waals surface area contributed by atoms with Gasteiger partial charge in [-0.25, -0.2) is 0 Å². The molecule has 0 bridgehead atoms. The topological polar surface area (TPSA) is 432 Å². The fraction of sp³-hybridized carbons (Fsp3) is 0.846. The smallest absolute Gasteiger partial charge is 0.300 e. The molecule has 49 heavy (non-hydrogen) atoms. The fourth-order valence-corrected chi connectivity index (χ4v) is 4.40. The van der Waals surface area contributed by atoms with E-state index in [0.717, 1.165) is 27.7 Å². The van der Waals surface area contributed by atoms with Gasteiger partial charge in [-0.3, -0.25) is 19.2 Å². The maximum absolute atomic E-state index is 10.9. The van der Waals surface area contributed by atoms with Crippen molar-refractivity contribution >= 4 is 23.9 Å². The van der Waals surface area contributed by atoms with Gasteiger partial charge in [-0.2, -0.15) is 0 Å². The van der Waals surface area contributed by atoms with E-state index in [1.165, 1.54) is 0 Å². The maximum Gasteiger partial charge on any atom is 0.300 e. The quantitative estimate of drug-likeness (QED) is 0.121. The van der Waals surface area contributed by atoms with Crippen molar-refractivity contribution in [3.8, 4) is 0 Å². The number of aliphatic carboxylic acids is 4. The number of nitrogens with two attached hydrogens (primary N) is 4. The number of carboxylic acid groups (broad SMARTS) is 4. The Hall–Kier alpha value is -2.72. The lowest BCUT2D eigenvalue weighted by Gasteiger charge is -2.48. The van der Waals surface area contributed by atoms with Gasteiger partial charge in [-0.1, -0.05) is 0 Å². The van der Waals surface area contributed by atoms with Gasteiger partial charge in [0.15, 0.2) is 12.6 Å². The van der Waals surface area contributed by atoms with E-state index in [1.54, 1.807) is 0 Å². The number of aliphatic hydroxyl groups excluding tert-OH is 7. The van der Waals surface area contributed by atoms with Crippen LogP contribution in [0, 0.1) is 0 Å². The highest BCUT2D eigenvalue weighted by molar-refractivity contribution is 5.63. The monoisotopic (exact) mass is 724 g/mol. The van der Waals surface area contributed by atoms with Crippen LogP contribution in [0.5, 0.6) is 0 Å². The summed E-state index contributed by atoms with van der Waals surface area (Å²) in [6, 6.07) is -1.68. The molecular weight excluding hydrogens is 672 g/mol. The van der Waals surface area contributed by atoms with Gasteiger partial charge < -0.3 is 98.1 Å². The zero-order valence-electron chi connectivity index (χ0n) is 27.3. The highest BCUT2D eigenvalue weighted by Gasteiger charge is 2.51. The van der Waals surface area contributed by atoms with Crippen LogP contribution in [0.2, 0.25) is 0 Å². The van der Waals surface area contributed by atoms with Gasteiger partial charge in [0.1, 0.15) is 67.1 Å². The lowest BCUT2D eigenvalue weighted by atomic mass is 9.84. The first-order valence-corrected chi connectivity index (χ1v) is 14.5. The van der Waals surface area contributed by atoms with E-state index in [9.17, 15) is 35.7 Å². The number of aliphatic hydroxyl groups is 7. The van der Waals surface area contributed by atoms with E-state index >= 15 is 0 Å². The molecule has 0 aromatic heterocycles. The maximum atomic E-state index is 10.9. The molecule has 19 N–H and O–H groups in total. The average molecular weight is 725 g/mol. The molecule has 2 saturated heterocycles. The lowest BCUT2D eigenvalue weighted by Crippen LogP contribution is -2.68. The predicted octanol–water partition coefficient (Wildman–Crippen LogP) is -6.93. The number of carbonyl (C=O) groups is 4. The highest BCUT2D eigenvalue weighted by Crippen LogP contribution is 2.31. The highest BCUT2D eigenvalue weighted by atomic mass is 16.7. The van der Waals surface area contributed by atoms with E-state index in [0.29, 0.717) is 0 Å². The molecule has 0 aromatic carbocycles. The number of ether oxygens (including phenoxy) is 4. The Morgan fingerprint density at radius 3 is 1.00 bits per heavy atom. The van der Waals surface area contributed by atoms with Crippen LogP contribution in [0.15, 0.2) is 0 Å². The number of rotatable bonds is 6. The third-order valence-electron chi connectivity index (χ3n) is 6.45. The number of hydrogen-bond acceptors (Lipinski definition) is 19. The SMILES string of the molecule is CC(=O)O.CC(=O)O.CC(=O)O.CC(=O)O.NC[C@@H]1O[C@@H](O[C@@H]2C(O)[C@H](O[C@H]3O[C@H](CN)[C@@H](O)[C@H](O)[C@H]3O)[C@@H](N)C[C@H]2N)[C@@H](O)[C@H](O)[C@H]1O. The van der Waals surface area contributed by atoms with Gasteiger partial charge in [0.2, 0.25) is 0 Å². The van der Waals surface area contributed by atoms with Crippen molar-refractivity contribution in [1.29, 1.82) is 0 Å². The van der Waals surface area contributed by atoms with Crippen LogP contribution in [-0.2, 0) is 38.1 Å². The van der Waals surface area contributed by atoms with Crippen LogP contribution in [-0.4, -0.2) is 185 Å². The van der Waals surface area contributed by atoms with Crippen LogP contribution >= 0.6 is 0 Å². The Labute approximate surface area is 280 Å². The van der Waals surface area contributed by atoms with E-state index in [2.05, 4.69) is 0 Å². The summed E-state index contributed by atoms with van der Waals surface area (Å²) < 4.78 is 22.2. The van der Waals surface area contributed by atoms with Gasteiger partial charge in [-0.05, 0) is 6.42 Å². The van der Waals surface area contributed by atoms with Gasteiger partial charge >= 0.3 is 0 Å². The molecule has 0 aromatic rings. The molecule has 0 radical (unpaired) electrons. The summed E-state index contributed by atoms with van der Waals surface area (Å²) in [5, 5.41) is 101. The normalized spacial score (nSPS) is 38.2. The van der Waals surface area contributed by atoms with Crippen LogP contribution < -0.4 is 22.9 Å². The minimum atomic E-state index is -1.66. The van der Waals surface area contributed by atoms with Gasteiger partial charge in [0.05, 0.1) is 0 Å². The molecule has 23 heteroatoms. The Kier molecular flexibility index (Phi) is 23.3. The minimum Gasteiger partial charge on any atom is -0.481 e. The minimum absolute atomic E-state index is 0.0784. The van der Waals surface area contributed by atoms with Crippen molar-refractivity contribution in [1.82, 2.24) is 0 Å². The van der Waals surface area contributed by atoms with Crippen LogP contribution in [0.1, 0.15) is 34.1 Å². The summed E-state index contributed by atoms with van der Waals surface area (Å²) in [7, 11) is 0. The first kappa shape index (κ1) is 48.4. The van der Waals surface area contributed by atoms with E-state index in [1.807, 2.05) is 0 Å².